The smallest absolute Gasteiger partial charge is 0.341 e. The Hall–Kier alpha value is -1.93. The molecule has 1 rings (SSSR count). The number of hydrogen-bond acceptors (Lipinski definition) is 11. The van der Waals surface area contributed by atoms with Gasteiger partial charge in [0.1, 0.15) is 5.78 Å². The maximum absolute atomic E-state index is 12.6. The van der Waals surface area contributed by atoms with E-state index in [4.69, 9.17) is 9.47 Å². The molecular formula is C16H23N3O8S3. The van der Waals surface area contributed by atoms with Crippen LogP contribution < -0.4 is 17.1 Å². The molecule has 0 aliphatic heterocycles. The van der Waals surface area contributed by atoms with Crippen LogP contribution in [-0.4, -0.2) is 48.7 Å². The molecule has 1 aromatic heterocycles. The molecule has 0 N–H and O–H groups in total. The normalized spacial score (nSPS) is 10.6. The van der Waals surface area contributed by atoms with E-state index in [1.165, 1.54) is 0 Å². The van der Waals surface area contributed by atoms with Crippen molar-refractivity contribution in [2.75, 3.05) is 17.3 Å². The molecule has 168 valence electrons. The average Bonchev–Trinajstić information content (AvgIpc) is 2.68. The maximum Gasteiger partial charge on any atom is 0.341 e. The molecule has 0 saturated heterocycles. The summed E-state index contributed by atoms with van der Waals surface area (Å²) in [5.74, 6) is -0.937. The third kappa shape index (κ3) is 7.72. The van der Waals surface area contributed by atoms with Gasteiger partial charge in [-0.15, -0.1) is 0 Å². The van der Waals surface area contributed by atoms with E-state index < -0.39 is 42.5 Å². The van der Waals surface area contributed by atoms with Gasteiger partial charge in [-0.2, -0.15) is 37.9 Å². The Morgan fingerprint density at radius 3 is 1.43 bits per heavy atom. The standard InChI is InChI=1S/C16H23N3O8S3/c20-11(2-6-28)1-5-17-14(23)18(9-26-12(21)3-7-29)16(25)19(15(17)24)10-27-13(22)4-8-30/h28-30H,1-10H2. The number of esters is 2. The van der Waals surface area contributed by atoms with Crippen molar-refractivity contribution < 1.29 is 23.9 Å². The van der Waals surface area contributed by atoms with Gasteiger partial charge in [0.05, 0.1) is 12.8 Å². The zero-order chi connectivity index (χ0) is 22.7. The van der Waals surface area contributed by atoms with Crippen LogP contribution >= 0.6 is 37.9 Å². The number of nitrogens with zero attached hydrogens (tertiary/aromatic N) is 3. The Morgan fingerprint density at radius 1 is 0.633 bits per heavy atom. The Kier molecular flexibility index (Phi) is 11.7. The number of ketones is 1. The molecule has 0 fully saturated rings. The zero-order valence-corrected chi connectivity index (χ0v) is 18.7. The van der Waals surface area contributed by atoms with Gasteiger partial charge in [-0.1, -0.05) is 0 Å². The molecule has 14 heteroatoms. The summed E-state index contributed by atoms with van der Waals surface area (Å²) in [6.07, 6.45) is -0.0995. The number of hydrogen-bond donors (Lipinski definition) is 3. The van der Waals surface area contributed by atoms with Crippen molar-refractivity contribution >= 4 is 55.6 Å². The fourth-order valence-corrected chi connectivity index (χ4v) is 2.80. The summed E-state index contributed by atoms with van der Waals surface area (Å²) in [6, 6.07) is 0. The van der Waals surface area contributed by atoms with Crippen LogP contribution in [0.1, 0.15) is 25.7 Å². The number of aromatic nitrogens is 3. The molecule has 0 radical (unpaired) electrons. The summed E-state index contributed by atoms with van der Waals surface area (Å²) in [5.41, 5.74) is -3.24. The van der Waals surface area contributed by atoms with E-state index in [0.717, 1.165) is 0 Å². The minimum absolute atomic E-state index is 0.0503. The van der Waals surface area contributed by atoms with Crippen molar-refractivity contribution in [1.82, 2.24) is 13.7 Å². The van der Waals surface area contributed by atoms with Gasteiger partial charge in [0.2, 0.25) is 0 Å². The molecule has 0 bridgehead atoms. The van der Waals surface area contributed by atoms with E-state index in [0.29, 0.717) is 19.5 Å². The van der Waals surface area contributed by atoms with Gasteiger partial charge in [-0.3, -0.25) is 14.4 Å². The lowest BCUT2D eigenvalue weighted by atomic mass is 10.2. The maximum atomic E-state index is 12.6. The monoisotopic (exact) mass is 481 g/mol. The molecular weight excluding hydrogens is 458 g/mol. The first-order valence-corrected chi connectivity index (χ1v) is 10.8. The highest BCUT2D eigenvalue weighted by Gasteiger charge is 2.18. The third-order valence-corrected chi connectivity index (χ3v) is 4.40. The minimum Gasteiger partial charge on any atom is -0.443 e. The molecule has 1 aromatic rings. The second-order valence-electron chi connectivity index (χ2n) is 5.86. The molecule has 11 nitrogen and oxygen atoms in total. The van der Waals surface area contributed by atoms with Gasteiger partial charge in [0.25, 0.3) is 0 Å². The molecule has 30 heavy (non-hydrogen) atoms. The molecule has 1 heterocycles. The summed E-state index contributed by atoms with van der Waals surface area (Å²) >= 11 is 11.7. The lowest BCUT2D eigenvalue weighted by Gasteiger charge is -2.14. The van der Waals surface area contributed by atoms with Crippen LogP contribution in [0.4, 0.5) is 0 Å². The van der Waals surface area contributed by atoms with Crippen molar-refractivity contribution in [2.45, 2.75) is 45.7 Å². The fraction of sp³-hybridized carbons (Fsp3) is 0.625. The van der Waals surface area contributed by atoms with Crippen LogP contribution in [0.2, 0.25) is 0 Å². The Bertz CT molecular complexity index is 788. The second-order valence-corrected chi connectivity index (χ2v) is 7.20. The van der Waals surface area contributed by atoms with E-state index in [2.05, 4.69) is 37.9 Å². The average molecular weight is 482 g/mol. The Balaban J connectivity index is 3.30. The Morgan fingerprint density at radius 2 is 1.03 bits per heavy atom. The lowest BCUT2D eigenvalue weighted by Crippen LogP contribution is -2.55. The van der Waals surface area contributed by atoms with E-state index in [1.807, 2.05) is 0 Å². The number of Topliss-reactive ketones (excluding diaryl/α,β-unsaturated/α-hetero) is 1. The number of rotatable bonds is 13. The second kappa shape index (κ2) is 13.4. The van der Waals surface area contributed by atoms with Gasteiger partial charge >= 0.3 is 29.0 Å². The molecule has 0 amide bonds. The fourth-order valence-electron chi connectivity index (χ4n) is 2.18. The largest absolute Gasteiger partial charge is 0.443 e. The van der Waals surface area contributed by atoms with Gasteiger partial charge in [-0.25, -0.2) is 28.1 Å². The van der Waals surface area contributed by atoms with Gasteiger partial charge in [0.15, 0.2) is 13.5 Å². The number of thiol groups is 3. The quantitative estimate of drug-likeness (QED) is 0.243. The first-order valence-electron chi connectivity index (χ1n) is 8.86. The van der Waals surface area contributed by atoms with Crippen molar-refractivity contribution in [1.29, 1.82) is 0 Å². The number of ether oxygens (including phenoxy) is 2. The van der Waals surface area contributed by atoms with Crippen LogP contribution in [-0.2, 0) is 43.9 Å². The van der Waals surface area contributed by atoms with Crippen LogP contribution in [0.25, 0.3) is 0 Å². The van der Waals surface area contributed by atoms with Crippen LogP contribution in [0.15, 0.2) is 14.4 Å². The third-order valence-electron chi connectivity index (χ3n) is 3.73. The van der Waals surface area contributed by atoms with Crippen LogP contribution in [0, 0.1) is 0 Å². The zero-order valence-electron chi connectivity index (χ0n) is 16.0. The molecule has 0 aliphatic carbocycles. The topological polar surface area (TPSA) is 136 Å². The molecule has 0 saturated carbocycles. The Labute approximate surface area is 187 Å². The molecule has 0 atom stereocenters. The van der Waals surface area contributed by atoms with Crippen molar-refractivity contribution in [3.63, 3.8) is 0 Å². The summed E-state index contributed by atoms with van der Waals surface area (Å²) in [6.45, 7) is -1.81. The molecule has 0 unspecified atom stereocenters. The van der Waals surface area contributed by atoms with Crippen molar-refractivity contribution in [3.8, 4) is 0 Å². The number of carbonyl (C=O) groups excluding carboxylic acids is 3. The summed E-state index contributed by atoms with van der Waals surface area (Å²) < 4.78 is 11.4. The van der Waals surface area contributed by atoms with Gasteiger partial charge < -0.3 is 9.47 Å². The summed E-state index contributed by atoms with van der Waals surface area (Å²) in [5, 5.41) is 0. The van der Waals surface area contributed by atoms with Crippen molar-refractivity contribution in [3.05, 3.63) is 31.5 Å². The minimum atomic E-state index is -1.12. The molecule has 0 aromatic carbocycles. The van der Waals surface area contributed by atoms with Crippen LogP contribution in [0.5, 0.6) is 0 Å². The van der Waals surface area contributed by atoms with E-state index in [-0.39, 0.29) is 49.5 Å². The predicted octanol–water partition coefficient (Wildman–Crippen LogP) is -0.908. The SMILES string of the molecule is O=C(CCS)CCn1c(=O)n(COC(=O)CCS)c(=O)n(COC(=O)CCS)c1=O. The van der Waals surface area contributed by atoms with Crippen LogP contribution in [0.3, 0.4) is 0 Å². The first-order chi connectivity index (χ1) is 14.3. The highest BCUT2D eigenvalue weighted by atomic mass is 32.1. The van der Waals surface area contributed by atoms with Crippen molar-refractivity contribution in [2.24, 2.45) is 0 Å². The molecule has 0 aliphatic rings. The first kappa shape index (κ1) is 26.1. The number of carbonyl (C=O) groups is 3. The predicted molar refractivity (Wildman–Crippen MR) is 116 cm³/mol. The van der Waals surface area contributed by atoms with E-state index >= 15 is 0 Å². The van der Waals surface area contributed by atoms with E-state index in [9.17, 15) is 28.8 Å². The highest BCUT2D eigenvalue weighted by molar-refractivity contribution is 7.80. The summed E-state index contributed by atoms with van der Waals surface area (Å²) in [7, 11) is 0. The highest BCUT2D eigenvalue weighted by Crippen LogP contribution is 1.95. The van der Waals surface area contributed by atoms with E-state index in [1.54, 1.807) is 0 Å². The van der Waals surface area contributed by atoms with Gasteiger partial charge in [-0.05, 0) is 5.75 Å². The molecule has 0 spiro atoms. The lowest BCUT2D eigenvalue weighted by molar-refractivity contribution is -0.147. The van der Waals surface area contributed by atoms with Gasteiger partial charge in [0, 0.05) is 30.9 Å². The summed E-state index contributed by atoms with van der Waals surface area (Å²) in [4.78, 5) is 72.6.